The Labute approximate surface area is 160 Å². The van der Waals surface area contributed by atoms with Gasteiger partial charge in [-0.3, -0.25) is 0 Å². The normalized spacial score (nSPS) is 12.7. The number of fused-ring (bicyclic) bond motifs is 9. The van der Waals surface area contributed by atoms with E-state index in [0.717, 1.165) is 0 Å². The second-order valence-electron chi connectivity index (χ2n) is 7.17. The number of para-hydroxylation sites is 1. The van der Waals surface area contributed by atoms with Crippen molar-refractivity contribution in [2.75, 3.05) is 0 Å². The van der Waals surface area contributed by atoms with Crippen LogP contribution in [0.4, 0.5) is 0 Å². The van der Waals surface area contributed by atoms with Crippen molar-refractivity contribution in [2.24, 2.45) is 0 Å². The number of hydrogen-bond acceptors (Lipinski definition) is 1. The van der Waals surface area contributed by atoms with Crippen LogP contribution in [0, 0.1) is 6.92 Å². The number of hydrogen-bond donors (Lipinski definition) is 2. The van der Waals surface area contributed by atoms with Crippen molar-refractivity contribution in [1.29, 1.82) is 0 Å². The summed E-state index contributed by atoms with van der Waals surface area (Å²) < 4.78 is 2.76. The van der Waals surface area contributed by atoms with Crippen molar-refractivity contribution in [3.8, 4) is 0 Å². The van der Waals surface area contributed by atoms with Crippen LogP contribution in [-0.2, 0) is 0 Å². The smallest absolute Gasteiger partial charge is 0.0479 e. The highest BCUT2D eigenvalue weighted by molar-refractivity contribution is 7.27. The van der Waals surface area contributed by atoms with Gasteiger partial charge in [-0.25, -0.2) is 0 Å². The number of thiophene rings is 1. The number of allylic oxidation sites excluding steroid dienone is 1. The SMILES string of the molecule is C/C=C\c1[nH]c2ccc3c4ccc5[nH]c6ccccc6c5c4sc3c2c1C. The van der Waals surface area contributed by atoms with Gasteiger partial charge in [0.2, 0.25) is 0 Å². The molecule has 6 rings (SSSR count). The quantitative estimate of drug-likeness (QED) is 0.302. The van der Waals surface area contributed by atoms with Crippen LogP contribution in [0.5, 0.6) is 0 Å². The molecule has 2 N–H and O–H groups in total. The fraction of sp³-hybridized carbons (Fsp3) is 0.0833. The van der Waals surface area contributed by atoms with Gasteiger partial charge in [0.05, 0.1) is 0 Å². The fourth-order valence-electron chi connectivity index (χ4n) is 4.41. The molecule has 0 unspecified atom stereocenters. The van der Waals surface area contributed by atoms with Crippen LogP contribution in [0.15, 0.2) is 54.6 Å². The van der Waals surface area contributed by atoms with Crippen molar-refractivity contribution in [1.82, 2.24) is 9.97 Å². The highest BCUT2D eigenvalue weighted by Gasteiger charge is 2.16. The van der Waals surface area contributed by atoms with Gasteiger partial charge in [0.25, 0.3) is 0 Å². The average Bonchev–Trinajstić information content (AvgIpc) is 3.33. The zero-order chi connectivity index (χ0) is 18.1. The number of aromatic nitrogens is 2. The van der Waals surface area contributed by atoms with E-state index in [4.69, 9.17) is 0 Å². The molecule has 0 saturated heterocycles. The van der Waals surface area contributed by atoms with Crippen molar-refractivity contribution in [3.05, 3.63) is 65.9 Å². The highest BCUT2D eigenvalue weighted by atomic mass is 32.1. The Morgan fingerprint density at radius 2 is 1.44 bits per heavy atom. The first-order valence-electron chi connectivity index (χ1n) is 9.26. The van der Waals surface area contributed by atoms with Gasteiger partial charge < -0.3 is 9.97 Å². The molecular weight excluding hydrogens is 348 g/mol. The van der Waals surface area contributed by atoms with Crippen LogP contribution in [0.3, 0.4) is 0 Å². The Morgan fingerprint density at radius 3 is 2.22 bits per heavy atom. The van der Waals surface area contributed by atoms with Gasteiger partial charge in [-0.05, 0) is 43.7 Å². The predicted octanol–water partition coefficient (Wildman–Crippen LogP) is 7.51. The summed E-state index contributed by atoms with van der Waals surface area (Å²) in [7, 11) is 0. The van der Waals surface area contributed by atoms with E-state index < -0.39 is 0 Å². The van der Waals surface area contributed by atoms with Gasteiger partial charge in [-0.2, -0.15) is 0 Å². The minimum atomic E-state index is 1.20. The van der Waals surface area contributed by atoms with Gasteiger partial charge in [-0.15, -0.1) is 11.3 Å². The van der Waals surface area contributed by atoms with Crippen molar-refractivity contribution in [2.45, 2.75) is 13.8 Å². The summed E-state index contributed by atoms with van der Waals surface area (Å²) in [6.45, 7) is 4.28. The lowest BCUT2D eigenvalue weighted by molar-refractivity contribution is 1.38. The summed E-state index contributed by atoms with van der Waals surface area (Å²) in [5.74, 6) is 0. The lowest BCUT2D eigenvalue weighted by Crippen LogP contribution is -1.73. The number of H-pyrrole nitrogens is 2. The van der Waals surface area contributed by atoms with E-state index in [0.29, 0.717) is 0 Å². The fourth-order valence-corrected chi connectivity index (χ4v) is 5.88. The van der Waals surface area contributed by atoms with Crippen LogP contribution < -0.4 is 0 Å². The number of nitrogens with one attached hydrogen (secondary N) is 2. The molecule has 6 aromatic rings. The summed E-state index contributed by atoms with van der Waals surface area (Å²) in [4.78, 5) is 7.15. The maximum Gasteiger partial charge on any atom is 0.0479 e. The zero-order valence-corrected chi connectivity index (χ0v) is 16.0. The largest absolute Gasteiger partial charge is 0.355 e. The van der Waals surface area contributed by atoms with Crippen molar-refractivity contribution < 1.29 is 0 Å². The van der Waals surface area contributed by atoms with Crippen LogP contribution in [0.25, 0.3) is 59.0 Å². The van der Waals surface area contributed by atoms with Crippen LogP contribution in [0.2, 0.25) is 0 Å². The average molecular weight is 366 g/mol. The van der Waals surface area contributed by atoms with Crippen molar-refractivity contribution in [3.63, 3.8) is 0 Å². The van der Waals surface area contributed by atoms with Gasteiger partial charge in [0, 0.05) is 58.6 Å². The molecule has 130 valence electrons. The maximum absolute atomic E-state index is 3.58. The number of benzene rings is 3. The molecule has 3 heteroatoms. The highest BCUT2D eigenvalue weighted by Crippen LogP contribution is 2.44. The molecule has 0 aliphatic heterocycles. The molecule has 0 amide bonds. The number of aromatic amines is 2. The Balaban J connectivity index is 1.85. The second-order valence-corrected chi connectivity index (χ2v) is 8.19. The topological polar surface area (TPSA) is 31.6 Å². The molecule has 0 radical (unpaired) electrons. The van der Waals surface area contributed by atoms with Gasteiger partial charge in [-0.1, -0.05) is 36.4 Å². The second kappa shape index (κ2) is 5.24. The van der Waals surface area contributed by atoms with Crippen molar-refractivity contribution >= 4 is 70.3 Å². The first kappa shape index (κ1) is 15.1. The van der Waals surface area contributed by atoms with Crippen LogP contribution >= 0.6 is 11.3 Å². The molecule has 0 fully saturated rings. The molecular formula is C24H18N2S. The lowest BCUT2D eigenvalue weighted by atomic mass is 10.1. The maximum atomic E-state index is 3.58. The summed E-state index contributed by atoms with van der Waals surface area (Å²) >= 11 is 1.92. The van der Waals surface area contributed by atoms with Crippen LogP contribution in [-0.4, -0.2) is 9.97 Å². The monoisotopic (exact) mass is 366 g/mol. The summed E-state index contributed by atoms with van der Waals surface area (Å²) in [6.07, 6.45) is 4.25. The van der Waals surface area contributed by atoms with E-state index in [-0.39, 0.29) is 0 Å². The zero-order valence-electron chi connectivity index (χ0n) is 15.2. The van der Waals surface area contributed by atoms with Gasteiger partial charge >= 0.3 is 0 Å². The minimum Gasteiger partial charge on any atom is -0.355 e. The molecule has 3 aromatic carbocycles. The Morgan fingerprint density at radius 1 is 0.741 bits per heavy atom. The minimum absolute atomic E-state index is 1.20. The number of aryl methyl sites for hydroxylation is 1. The Kier molecular flexibility index (Phi) is 2.92. The third-order valence-electron chi connectivity index (χ3n) is 5.66. The number of rotatable bonds is 1. The van der Waals surface area contributed by atoms with Gasteiger partial charge in [0.1, 0.15) is 0 Å². The lowest BCUT2D eigenvalue weighted by Gasteiger charge is -1.96. The molecule has 2 nitrogen and oxygen atoms in total. The molecule has 0 bridgehead atoms. The summed E-state index contributed by atoms with van der Waals surface area (Å²) in [6, 6.07) is 17.6. The first-order valence-corrected chi connectivity index (χ1v) is 10.1. The van der Waals surface area contributed by atoms with Gasteiger partial charge in [0.15, 0.2) is 0 Å². The molecule has 0 aliphatic rings. The van der Waals surface area contributed by atoms with Crippen LogP contribution in [0.1, 0.15) is 18.2 Å². The van der Waals surface area contributed by atoms with E-state index in [1.807, 2.05) is 11.3 Å². The van der Waals surface area contributed by atoms with E-state index >= 15 is 0 Å². The predicted molar refractivity (Wildman–Crippen MR) is 120 cm³/mol. The third kappa shape index (κ3) is 1.89. The first-order chi connectivity index (χ1) is 13.3. The summed E-state index contributed by atoms with van der Waals surface area (Å²) in [5, 5.41) is 6.71. The van der Waals surface area contributed by atoms with E-state index in [2.05, 4.69) is 84.5 Å². The van der Waals surface area contributed by atoms with E-state index in [1.165, 1.54) is 64.1 Å². The molecule has 0 saturated carbocycles. The molecule has 0 aliphatic carbocycles. The third-order valence-corrected chi connectivity index (χ3v) is 6.91. The van der Waals surface area contributed by atoms with E-state index in [9.17, 15) is 0 Å². The molecule has 3 heterocycles. The standard InChI is InChI=1S/C24H18N2S/c1-3-6-17-13(2)21-19(25-17)11-9-14-15-10-12-20-22(24(15)27-23(14)21)16-7-4-5-8-18(16)26-20/h3-12,25-26H,1-2H3/b6-3-. The molecule has 3 aromatic heterocycles. The Hall–Kier alpha value is -3.04. The van der Waals surface area contributed by atoms with E-state index in [1.54, 1.807) is 0 Å². The summed E-state index contributed by atoms with van der Waals surface area (Å²) in [5.41, 5.74) is 6.17. The molecule has 27 heavy (non-hydrogen) atoms. The molecule has 0 spiro atoms. The Bertz CT molecular complexity index is 1540. The molecule has 0 atom stereocenters.